The summed E-state index contributed by atoms with van der Waals surface area (Å²) >= 11 is 0. The van der Waals surface area contributed by atoms with Crippen molar-refractivity contribution in [1.82, 2.24) is 15.5 Å². The lowest BCUT2D eigenvalue weighted by atomic mass is 10.00. The summed E-state index contributed by atoms with van der Waals surface area (Å²) in [6.45, 7) is 11.4. The molecule has 11 heteroatoms. The number of nitrogens with zero attached hydrogens (tertiary/aromatic N) is 1. The molecule has 0 aliphatic heterocycles. The zero-order valence-corrected chi connectivity index (χ0v) is 26.8. The van der Waals surface area contributed by atoms with Gasteiger partial charge in [-0.2, -0.15) is 0 Å². The van der Waals surface area contributed by atoms with Crippen molar-refractivity contribution in [3.05, 3.63) is 65.7 Å². The van der Waals surface area contributed by atoms with Crippen LogP contribution in [0.25, 0.3) is 0 Å². The Hall–Kier alpha value is -4.12. The second-order valence-electron chi connectivity index (χ2n) is 12.5. The molecule has 4 N–H and O–H groups in total. The summed E-state index contributed by atoms with van der Waals surface area (Å²) in [6, 6.07) is 11.1. The fraction of sp³-hybridized carbons (Fsp3) is 0.515. The number of alkyl carbamates (subject to hydrolysis) is 1. The van der Waals surface area contributed by atoms with Crippen molar-refractivity contribution in [3.63, 3.8) is 0 Å². The number of aliphatic hydroxyl groups excluding tert-OH is 1. The molecule has 0 radical (unpaired) electrons. The van der Waals surface area contributed by atoms with Crippen LogP contribution in [0.1, 0.15) is 78.5 Å². The van der Waals surface area contributed by atoms with Crippen LogP contribution in [-0.2, 0) is 30.3 Å². The molecular weight excluding hydrogens is 566 g/mol. The SMILES string of the molecule is CCCCN(C(=O)C(CO)NC(=O)OC(C)(C)C)C(C(=O)NC(Cc1ccccc1)C(=O)OC(C)(C)C)c1cccc(O)c1. The monoisotopic (exact) mass is 613 g/mol. The van der Waals surface area contributed by atoms with Crippen LogP contribution in [0.15, 0.2) is 54.6 Å². The van der Waals surface area contributed by atoms with Gasteiger partial charge in [0.15, 0.2) is 0 Å². The minimum Gasteiger partial charge on any atom is -0.508 e. The number of ether oxygens (including phenoxy) is 2. The topological polar surface area (TPSA) is 154 Å². The van der Waals surface area contributed by atoms with Gasteiger partial charge in [0.25, 0.3) is 0 Å². The van der Waals surface area contributed by atoms with Gasteiger partial charge in [-0.3, -0.25) is 9.59 Å². The van der Waals surface area contributed by atoms with Gasteiger partial charge in [-0.15, -0.1) is 0 Å². The van der Waals surface area contributed by atoms with Gasteiger partial charge in [-0.25, -0.2) is 9.59 Å². The van der Waals surface area contributed by atoms with E-state index >= 15 is 0 Å². The number of amides is 3. The maximum absolute atomic E-state index is 14.2. The molecule has 0 fully saturated rings. The minimum atomic E-state index is -1.43. The fourth-order valence-corrected chi connectivity index (χ4v) is 4.36. The summed E-state index contributed by atoms with van der Waals surface area (Å²) in [5, 5.41) is 25.6. The van der Waals surface area contributed by atoms with Crippen LogP contribution in [0.5, 0.6) is 5.75 Å². The highest BCUT2D eigenvalue weighted by atomic mass is 16.6. The highest BCUT2D eigenvalue weighted by Crippen LogP contribution is 2.27. The second kappa shape index (κ2) is 16.1. The van der Waals surface area contributed by atoms with E-state index in [1.54, 1.807) is 47.6 Å². The lowest BCUT2D eigenvalue weighted by Crippen LogP contribution is -2.56. The Morgan fingerprint density at radius 1 is 0.864 bits per heavy atom. The lowest BCUT2D eigenvalue weighted by Gasteiger charge is -2.35. The molecule has 0 aliphatic rings. The van der Waals surface area contributed by atoms with Gasteiger partial charge in [-0.05, 0) is 71.2 Å². The van der Waals surface area contributed by atoms with Crippen molar-refractivity contribution in [2.75, 3.05) is 13.2 Å². The van der Waals surface area contributed by atoms with Crippen LogP contribution < -0.4 is 10.6 Å². The number of hydrogen-bond donors (Lipinski definition) is 4. The Balaban J connectivity index is 2.55. The lowest BCUT2D eigenvalue weighted by molar-refractivity contribution is -0.159. The molecule has 0 aromatic heterocycles. The van der Waals surface area contributed by atoms with E-state index in [0.717, 1.165) is 5.56 Å². The van der Waals surface area contributed by atoms with E-state index < -0.39 is 59.8 Å². The first kappa shape index (κ1) is 36.1. The van der Waals surface area contributed by atoms with Crippen LogP contribution in [0.3, 0.4) is 0 Å². The fourth-order valence-electron chi connectivity index (χ4n) is 4.36. The normalized spacial score (nSPS) is 13.6. The van der Waals surface area contributed by atoms with Crippen molar-refractivity contribution >= 4 is 23.9 Å². The summed E-state index contributed by atoms with van der Waals surface area (Å²) in [6.07, 6.45) is 0.358. The Labute approximate surface area is 259 Å². The number of carbonyl (C=O) groups is 4. The Kier molecular flexibility index (Phi) is 13.2. The highest BCUT2D eigenvalue weighted by molar-refractivity contribution is 5.94. The quantitative estimate of drug-likeness (QED) is 0.247. The van der Waals surface area contributed by atoms with E-state index in [1.807, 2.05) is 37.3 Å². The predicted octanol–water partition coefficient (Wildman–Crippen LogP) is 4.02. The summed E-state index contributed by atoms with van der Waals surface area (Å²) in [4.78, 5) is 55.2. The molecule has 44 heavy (non-hydrogen) atoms. The Morgan fingerprint density at radius 2 is 1.50 bits per heavy atom. The molecule has 0 saturated carbocycles. The van der Waals surface area contributed by atoms with Gasteiger partial charge < -0.3 is 35.2 Å². The minimum absolute atomic E-state index is 0.0748. The van der Waals surface area contributed by atoms with E-state index in [9.17, 15) is 29.4 Å². The van der Waals surface area contributed by atoms with E-state index in [0.29, 0.717) is 12.8 Å². The molecule has 2 aromatic rings. The third-order valence-electron chi connectivity index (χ3n) is 6.24. The molecule has 11 nitrogen and oxygen atoms in total. The Morgan fingerprint density at radius 3 is 2.05 bits per heavy atom. The van der Waals surface area contributed by atoms with Crippen LogP contribution in [0.2, 0.25) is 0 Å². The van der Waals surface area contributed by atoms with Gasteiger partial charge in [0.2, 0.25) is 11.8 Å². The van der Waals surface area contributed by atoms with E-state index in [-0.39, 0.29) is 24.3 Å². The van der Waals surface area contributed by atoms with Gasteiger partial charge in [-0.1, -0.05) is 55.8 Å². The number of hydrogen-bond acceptors (Lipinski definition) is 8. The van der Waals surface area contributed by atoms with Crippen LogP contribution in [0, 0.1) is 0 Å². The van der Waals surface area contributed by atoms with Crippen LogP contribution >= 0.6 is 0 Å². The molecule has 242 valence electrons. The number of aromatic hydroxyl groups is 1. The molecule has 0 saturated heterocycles. The second-order valence-corrected chi connectivity index (χ2v) is 12.5. The van der Waals surface area contributed by atoms with Gasteiger partial charge in [0.05, 0.1) is 6.61 Å². The highest BCUT2D eigenvalue weighted by Gasteiger charge is 2.38. The summed E-state index contributed by atoms with van der Waals surface area (Å²) < 4.78 is 10.9. The molecule has 0 aliphatic carbocycles. The number of phenols is 1. The maximum atomic E-state index is 14.2. The molecule has 3 unspecified atom stereocenters. The number of nitrogens with one attached hydrogen (secondary N) is 2. The summed E-state index contributed by atoms with van der Waals surface area (Å²) in [5.41, 5.74) is -0.636. The predicted molar refractivity (Wildman–Crippen MR) is 166 cm³/mol. The van der Waals surface area contributed by atoms with Crippen molar-refractivity contribution in [2.24, 2.45) is 0 Å². The molecule has 2 rings (SSSR count). The summed E-state index contributed by atoms with van der Waals surface area (Å²) in [7, 11) is 0. The van der Waals surface area contributed by atoms with Crippen molar-refractivity contribution < 1.29 is 38.9 Å². The Bertz CT molecular complexity index is 1250. The number of phenolic OH excluding ortho intramolecular Hbond substituents is 1. The van der Waals surface area contributed by atoms with Crippen molar-refractivity contribution in [2.45, 2.75) is 97.1 Å². The standard InChI is InChI=1S/C33H47N3O8/c1-8-9-18-36(29(40)26(21-37)35-31(42)44-33(5,6)7)27(23-16-13-17-24(38)20-23)28(39)34-25(30(41)43-32(2,3)4)19-22-14-11-10-12-15-22/h10-17,20,25-27,37-38H,8-9,18-19,21H2,1-7H3,(H,34,39)(H,35,42). The first-order valence-electron chi connectivity index (χ1n) is 14.8. The first-order valence-corrected chi connectivity index (χ1v) is 14.8. The van der Waals surface area contributed by atoms with Crippen molar-refractivity contribution in [3.8, 4) is 5.75 Å². The number of unbranched alkanes of at least 4 members (excludes halogenated alkanes) is 1. The average molecular weight is 614 g/mol. The van der Waals surface area contributed by atoms with Gasteiger partial charge >= 0.3 is 12.1 Å². The molecule has 0 bridgehead atoms. The molecule has 3 amide bonds. The van der Waals surface area contributed by atoms with E-state index in [2.05, 4.69) is 10.6 Å². The molecular formula is C33H47N3O8. The van der Waals surface area contributed by atoms with Gasteiger partial charge in [0, 0.05) is 13.0 Å². The third-order valence-corrected chi connectivity index (χ3v) is 6.24. The zero-order chi connectivity index (χ0) is 33.1. The van der Waals surface area contributed by atoms with Crippen LogP contribution in [0.4, 0.5) is 4.79 Å². The molecule has 0 spiro atoms. The van der Waals surface area contributed by atoms with Crippen molar-refractivity contribution in [1.29, 1.82) is 0 Å². The number of carbonyl (C=O) groups excluding carboxylic acids is 4. The molecule has 2 aromatic carbocycles. The molecule has 0 heterocycles. The first-order chi connectivity index (χ1) is 20.5. The van der Waals surface area contributed by atoms with E-state index in [4.69, 9.17) is 9.47 Å². The average Bonchev–Trinajstić information content (AvgIpc) is 2.91. The number of benzene rings is 2. The van der Waals surface area contributed by atoms with Gasteiger partial charge in [0.1, 0.15) is 35.1 Å². The third kappa shape index (κ3) is 11.9. The molecule has 3 atom stereocenters. The summed E-state index contributed by atoms with van der Waals surface area (Å²) in [5.74, 6) is -2.25. The smallest absolute Gasteiger partial charge is 0.408 e. The zero-order valence-electron chi connectivity index (χ0n) is 26.8. The maximum Gasteiger partial charge on any atom is 0.408 e. The van der Waals surface area contributed by atoms with Crippen LogP contribution in [-0.4, -0.2) is 75.4 Å². The number of esters is 1. The number of aliphatic hydroxyl groups is 1. The largest absolute Gasteiger partial charge is 0.508 e. The van der Waals surface area contributed by atoms with E-state index in [1.165, 1.54) is 23.1 Å². The number of rotatable bonds is 13.